The van der Waals surface area contributed by atoms with E-state index in [2.05, 4.69) is 123 Å². The Bertz CT molecular complexity index is 1650. The Morgan fingerprint density at radius 3 is 1.87 bits per heavy atom. The summed E-state index contributed by atoms with van der Waals surface area (Å²) in [6.45, 7) is 11.7. The van der Waals surface area contributed by atoms with Gasteiger partial charge in [-0.2, -0.15) is 0 Å². The van der Waals surface area contributed by atoms with Gasteiger partial charge in [0, 0.05) is 4.47 Å². The molecule has 0 aliphatic rings. The molecule has 0 amide bonds. The van der Waals surface area contributed by atoms with Crippen LogP contribution in [0.5, 0.6) is 0 Å². The van der Waals surface area contributed by atoms with E-state index in [1.807, 2.05) is 30.3 Å². The van der Waals surface area contributed by atoms with Gasteiger partial charge in [-0.15, -0.1) is 0 Å². The second kappa shape index (κ2) is 15.5. The number of rotatable bonds is 13. The van der Waals surface area contributed by atoms with Crippen molar-refractivity contribution in [1.82, 2.24) is 0 Å². The Balaban J connectivity index is 1.48. The summed E-state index contributed by atoms with van der Waals surface area (Å²) < 4.78 is 35.4. The highest BCUT2D eigenvalue weighted by molar-refractivity contribution is 9.10. The fraction of sp³-hybridized carbons (Fsp3) is 0.282. The summed E-state index contributed by atoms with van der Waals surface area (Å²) in [4.78, 5) is 0.348. The van der Waals surface area contributed by atoms with Gasteiger partial charge in [0.15, 0.2) is 9.84 Å². The van der Waals surface area contributed by atoms with Gasteiger partial charge < -0.3 is 4.43 Å². The van der Waals surface area contributed by atoms with Crippen molar-refractivity contribution in [1.29, 1.82) is 0 Å². The molecule has 3 nitrogen and oxygen atoms in total. The zero-order valence-corrected chi connectivity index (χ0v) is 30.4. The molecule has 6 heteroatoms. The van der Waals surface area contributed by atoms with Crippen LogP contribution in [0.2, 0.25) is 5.04 Å². The van der Waals surface area contributed by atoms with Crippen LogP contribution in [0, 0.1) is 0 Å². The fourth-order valence-corrected chi connectivity index (χ4v) is 12.7. The maximum Gasteiger partial charge on any atom is 0.261 e. The molecular formula is C39H45BrO3SSi. The fourth-order valence-electron chi connectivity index (χ4n) is 5.92. The number of allylic oxidation sites excluding steroid dienone is 3. The van der Waals surface area contributed by atoms with Gasteiger partial charge in [-0.25, -0.2) is 8.42 Å². The minimum absolute atomic E-state index is 0.0692. The van der Waals surface area contributed by atoms with Crippen molar-refractivity contribution in [2.75, 3.05) is 6.61 Å². The van der Waals surface area contributed by atoms with E-state index < -0.39 is 23.4 Å². The van der Waals surface area contributed by atoms with Crippen molar-refractivity contribution >= 4 is 44.5 Å². The average molecular weight is 702 g/mol. The summed E-state index contributed by atoms with van der Waals surface area (Å²) in [5.74, 6) is 0. The van der Waals surface area contributed by atoms with Crippen LogP contribution in [0.3, 0.4) is 0 Å². The number of sulfone groups is 1. The Kier molecular flexibility index (Phi) is 12.0. The lowest BCUT2D eigenvalue weighted by atomic mass is 10.1. The average Bonchev–Trinajstić information content (AvgIpc) is 3.02. The smallest absolute Gasteiger partial charge is 0.261 e. The van der Waals surface area contributed by atoms with Crippen LogP contribution in [0.25, 0.3) is 0 Å². The zero-order chi connectivity index (χ0) is 32.5. The zero-order valence-electron chi connectivity index (χ0n) is 27.0. The maximum absolute atomic E-state index is 13.7. The van der Waals surface area contributed by atoms with Crippen LogP contribution in [-0.2, 0) is 14.3 Å². The lowest BCUT2D eigenvalue weighted by molar-refractivity contribution is 0.329. The van der Waals surface area contributed by atoms with Crippen molar-refractivity contribution in [3.63, 3.8) is 0 Å². The Labute approximate surface area is 280 Å². The van der Waals surface area contributed by atoms with Gasteiger partial charge in [-0.1, -0.05) is 151 Å². The molecule has 0 heterocycles. The first kappa shape index (κ1) is 34.8. The van der Waals surface area contributed by atoms with Crippen LogP contribution in [0.1, 0.15) is 64.7 Å². The number of hydrogen-bond donors (Lipinski definition) is 0. The van der Waals surface area contributed by atoms with Crippen LogP contribution < -0.4 is 10.4 Å². The summed E-state index contributed by atoms with van der Waals surface area (Å²) in [6, 6.07) is 37.8. The van der Waals surface area contributed by atoms with Crippen molar-refractivity contribution in [2.24, 2.45) is 0 Å². The van der Waals surface area contributed by atoms with Gasteiger partial charge in [0.05, 0.1) is 16.8 Å². The normalized spacial score (nSPS) is 13.9. The van der Waals surface area contributed by atoms with Gasteiger partial charge in [0.25, 0.3) is 8.32 Å². The number of halogens is 1. The molecule has 4 rings (SSSR count). The van der Waals surface area contributed by atoms with Crippen LogP contribution in [-0.4, -0.2) is 23.3 Å². The van der Waals surface area contributed by atoms with E-state index in [9.17, 15) is 8.42 Å². The summed E-state index contributed by atoms with van der Waals surface area (Å²) in [6.07, 6.45) is 6.49. The topological polar surface area (TPSA) is 43.4 Å². The van der Waals surface area contributed by atoms with E-state index in [0.717, 1.165) is 22.9 Å². The first-order chi connectivity index (χ1) is 21.4. The summed E-state index contributed by atoms with van der Waals surface area (Å²) in [5.41, 5.74) is 3.16. The third-order valence-electron chi connectivity index (χ3n) is 8.31. The largest absolute Gasteiger partial charge is 0.403 e. The molecular weight excluding hydrogens is 656 g/mol. The van der Waals surface area contributed by atoms with Gasteiger partial charge in [-0.3, -0.25) is 0 Å². The molecule has 0 aromatic heterocycles. The number of hydrogen-bond acceptors (Lipinski definition) is 3. The highest BCUT2D eigenvalue weighted by atomic mass is 79.9. The second-order valence-corrected chi connectivity index (χ2v) is 20.1. The SMILES string of the molecule is C/C(=C\CC(c1cccc(Br)c1)S(=O)(=O)c1ccccc1)CC/C=C(\C)CO[Si](c1ccccc1)(c1ccccc1)C(C)(C)C. The van der Waals surface area contributed by atoms with E-state index in [1.54, 1.807) is 24.3 Å². The minimum Gasteiger partial charge on any atom is -0.403 e. The molecule has 0 bridgehead atoms. The molecule has 1 atom stereocenters. The molecule has 0 saturated heterocycles. The van der Waals surface area contributed by atoms with E-state index in [1.165, 1.54) is 21.5 Å². The van der Waals surface area contributed by atoms with Crippen LogP contribution in [0.15, 0.2) is 148 Å². The van der Waals surface area contributed by atoms with Crippen LogP contribution in [0.4, 0.5) is 0 Å². The molecule has 4 aromatic rings. The summed E-state index contributed by atoms with van der Waals surface area (Å²) >= 11 is 3.52. The van der Waals surface area contributed by atoms with Crippen molar-refractivity contribution in [2.45, 2.75) is 69.1 Å². The Morgan fingerprint density at radius 1 is 0.778 bits per heavy atom. The lowest BCUT2D eigenvalue weighted by Crippen LogP contribution is -2.66. The molecule has 0 spiro atoms. The quantitative estimate of drug-likeness (QED) is 0.103. The van der Waals surface area contributed by atoms with Crippen molar-refractivity contribution in [3.8, 4) is 0 Å². The molecule has 0 aliphatic heterocycles. The molecule has 0 radical (unpaired) electrons. The third kappa shape index (κ3) is 8.62. The molecule has 45 heavy (non-hydrogen) atoms. The van der Waals surface area contributed by atoms with Gasteiger partial charge in [0.1, 0.15) is 0 Å². The highest BCUT2D eigenvalue weighted by Gasteiger charge is 2.50. The van der Waals surface area contributed by atoms with Crippen molar-refractivity contribution < 1.29 is 12.8 Å². The monoisotopic (exact) mass is 700 g/mol. The molecule has 0 fully saturated rings. The lowest BCUT2D eigenvalue weighted by Gasteiger charge is -2.43. The minimum atomic E-state index is -3.57. The van der Waals surface area contributed by atoms with E-state index >= 15 is 0 Å². The van der Waals surface area contributed by atoms with Gasteiger partial charge in [0.2, 0.25) is 0 Å². The maximum atomic E-state index is 13.7. The van der Waals surface area contributed by atoms with E-state index in [-0.39, 0.29) is 5.04 Å². The van der Waals surface area contributed by atoms with Gasteiger partial charge in [-0.05, 0) is 78.4 Å². The molecule has 0 aliphatic carbocycles. The Morgan fingerprint density at radius 2 is 1.33 bits per heavy atom. The predicted octanol–water partition coefficient (Wildman–Crippen LogP) is 9.60. The summed E-state index contributed by atoms with van der Waals surface area (Å²) in [5, 5.41) is 1.83. The molecule has 0 saturated carbocycles. The van der Waals surface area contributed by atoms with E-state index in [0.29, 0.717) is 17.9 Å². The standard InChI is InChI=1S/C39H45BrO3SSi/c1-31(27-28-38(33-19-16-20-34(40)29-33)44(41,42)35-21-9-6-10-22-35)17-15-18-32(2)30-43-45(39(3,4)5,36-23-11-7-12-24-36)37-25-13-8-14-26-37/h6-14,16,18-27,29,38H,15,17,28,30H2,1-5H3/b31-27+,32-18+. The number of benzene rings is 4. The van der Waals surface area contributed by atoms with Crippen molar-refractivity contribution in [3.05, 3.63) is 149 Å². The first-order valence-electron chi connectivity index (χ1n) is 15.6. The second-order valence-electron chi connectivity index (χ2n) is 12.7. The van der Waals surface area contributed by atoms with Gasteiger partial charge >= 0.3 is 0 Å². The molecule has 1 unspecified atom stereocenters. The predicted molar refractivity (Wildman–Crippen MR) is 195 cm³/mol. The Hall–Kier alpha value is -3.03. The molecule has 236 valence electrons. The highest BCUT2D eigenvalue weighted by Crippen LogP contribution is 2.37. The first-order valence-corrected chi connectivity index (χ1v) is 19.8. The van der Waals surface area contributed by atoms with E-state index in [4.69, 9.17) is 4.43 Å². The molecule has 4 aromatic carbocycles. The third-order valence-corrected chi connectivity index (χ3v) is 15.9. The molecule has 0 N–H and O–H groups in total. The summed E-state index contributed by atoms with van der Waals surface area (Å²) in [7, 11) is -6.16. The van der Waals surface area contributed by atoms with Crippen LogP contribution >= 0.6 is 15.9 Å².